The average molecular weight is 406 g/mol. The fraction of sp³-hybridized carbons (Fsp3) is 0.0909. The van der Waals surface area contributed by atoms with Gasteiger partial charge >= 0.3 is 0 Å². The summed E-state index contributed by atoms with van der Waals surface area (Å²) in [6, 6.07) is 14.8. The van der Waals surface area contributed by atoms with E-state index in [4.69, 9.17) is 0 Å². The zero-order chi connectivity index (χ0) is 20.8. The van der Waals surface area contributed by atoms with Gasteiger partial charge < -0.3 is 5.11 Å². The Morgan fingerprint density at radius 1 is 1.00 bits per heavy atom. The van der Waals surface area contributed by atoms with Crippen molar-refractivity contribution in [2.45, 2.75) is 11.8 Å². The van der Waals surface area contributed by atoms with Gasteiger partial charge in [-0.2, -0.15) is 0 Å². The Hall–Kier alpha value is -3.45. The van der Waals surface area contributed by atoms with E-state index in [2.05, 4.69) is 4.98 Å². The van der Waals surface area contributed by atoms with E-state index in [1.165, 1.54) is 19.2 Å². The highest BCUT2D eigenvalue weighted by Gasteiger charge is 2.37. The van der Waals surface area contributed by atoms with E-state index in [1.54, 1.807) is 42.7 Å². The molecular weight excluding hydrogens is 388 g/mol. The van der Waals surface area contributed by atoms with E-state index >= 15 is 0 Å². The molecule has 0 radical (unpaired) electrons. The normalized spacial score (nSPS) is 15.2. The van der Waals surface area contributed by atoms with E-state index in [9.17, 15) is 18.3 Å². The Morgan fingerprint density at radius 3 is 2.52 bits per heavy atom. The summed E-state index contributed by atoms with van der Waals surface area (Å²) >= 11 is 0. The third kappa shape index (κ3) is 3.09. The topological polar surface area (TPSA) is 87.6 Å². The maximum atomic E-state index is 13.2. The summed E-state index contributed by atoms with van der Waals surface area (Å²) in [5, 5.41) is 10.7. The third-order valence-corrected chi connectivity index (χ3v) is 6.68. The van der Waals surface area contributed by atoms with Gasteiger partial charge in [0.15, 0.2) is 5.76 Å². The first kappa shape index (κ1) is 18.9. The minimum absolute atomic E-state index is 0.0314. The minimum Gasteiger partial charge on any atom is -0.505 e. The summed E-state index contributed by atoms with van der Waals surface area (Å²) in [5.41, 5.74) is 2.71. The molecule has 0 spiro atoms. The summed E-state index contributed by atoms with van der Waals surface area (Å²) in [6.07, 6.45) is 3.43. The van der Waals surface area contributed by atoms with E-state index in [1.807, 2.05) is 19.1 Å². The van der Waals surface area contributed by atoms with Gasteiger partial charge in [-0.25, -0.2) is 8.42 Å². The molecule has 1 N–H and O–H groups in total. The van der Waals surface area contributed by atoms with Gasteiger partial charge in [-0.3, -0.25) is 14.1 Å². The summed E-state index contributed by atoms with van der Waals surface area (Å²) in [5.74, 6) is -0.934. The van der Waals surface area contributed by atoms with Crippen molar-refractivity contribution in [2.24, 2.45) is 0 Å². The molecule has 2 aromatic carbocycles. The Balaban J connectivity index is 1.84. The zero-order valence-electron chi connectivity index (χ0n) is 15.8. The van der Waals surface area contributed by atoms with Crippen LogP contribution in [0.2, 0.25) is 0 Å². The minimum atomic E-state index is -3.94. The van der Waals surface area contributed by atoms with Crippen LogP contribution in [0.1, 0.15) is 21.5 Å². The molecule has 6 nitrogen and oxygen atoms in total. The number of likely N-dealkylation sites (N-methyl/N-ethyl adjacent to an activating group) is 1. The number of pyridine rings is 1. The van der Waals surface area contributed by atoms with Gasteiger partial charge in [-0.1, -0.05) is 30.3 Å². The predicted octanol–water partition coefficient (Wildman–Crippen LogP) is 3.80. The fourth-order valence-corrected chi connectivity index (χ4v) is 4.77. The summed E-state index contributed by atoms with van der Waals surface area (Å²) < 4.78 is 26.5. The van der Waals surface area contributed by atoms with Crippen LogP contribution < -0.4 is 0 Å². The second-order valence-corrected chi connectivity index (χ2v) is 8.76. The Labute approximate surface area is 168 Å². The molecule has 2 heterocycles. The van der Waals surface area contributed by atoms with E-state index in [-0.39, 0.29) is 27.5 Å². The SMILES string of the molecule is Cc1cncc(-c2cccc(C(=O)C3=C(O)c4ccccc4S(=O)(=O)N3C)c2)c1. The second-order valence-electron chi connectivity index (χ2n) is 6.83. The zero-order valence-corrected chi connectivity index (χ0v) is 16.6. The molecule has 29 heavy (non-hydrogen) atoms. The lowest BCUT2D eigenvalue weighted by Gasteiger charge is -2.28. The molecule has 0 bridgehead atoms. The van der Waals surface area contributed by atoms with Crippen molar-refractivity contribution in [2.75, 3.05) is 7.05 Å². The van der Waals surface area contributed by atoms with Gasteiger partial charge in [-0.05, 0) is 42.3 Å². The molecule has 7 heteroatoms. The number of allylic oxidation sites excluding steroid dienone is 1. The van der Waals surface area contributed by atoms with Crippen molar-refractivity contribution in [3.8, 4) is 11.1 Å². The monoisotopic (exact) mass is 406 g/mol. The Kier molecular flexibility index (Phi) is 4.47. The highest BCUT2D eigenvalue weighted by molar-refractivity contribution is 7.89. The quantitative estimate of drug-likeness (QED) is 0.669. The third-order valence-electron chi connectivity index (χ3n) is 4.87. The standard InChI is InChI=1S/C22H18N2O4S/c1-14-10-17(13-23-12-14)15-6-5-7-16(11-15)21(25)20-22(26)18-8-3-4-9-19(18)29(27,28)24(20)2/h3-13,26H,1-2H3. The number of hydrogen-bond acceptors (Lipinski definition) is 5. The molecule has 0 saturated carbocycles. The van der Waals surface area contributed by atoms with Crippen LogP contribution in [-0.4, -0.2) is 35.6 Å². The molecule has 0 fully saturated rings. The molecule has 1 aliphatic rings. The number of aromatic nitrogens is 1. The maximum Gasteiger partial charge on any atom is 0.265 e. The molecular formula is C22H18N2O4S. The van der Waals surface area contributed by atoms with E-state index in [0.29, 0.717) is 0 Å². The van der Waals surface area contributed by atoms with E-state index in [0.717, 1.165) is 21.0 Å². The lowest BCUT2D eigenvalue weighted by Crippen LogP contribution is -2.35. The summed E-state index contributed by atoms with van der Waals surface area (Å²) in [6.45, 7) is 1.92. The molecule has 4 rings (SSSR count). The van der Waals surface area contributed by atoms with Crippen molar-refractivity contribution in [1.29, 1.82) is 0 Å². The number of carbonyl (C=O) groups excluding carboxylic acids is 1. The molecule has 3 aromatic rings. The first-order valence-corrected chi connectivity index (χ1v) is 10.3. The van der Waals surface area contributed by atoms with Crippen LogP contribution in [-0.2, 0) is 10.0 Å². The first-order chi connectivity index (χ1) is 13.8. The van der Waals surface area contributed by atoms with Gasteiger partial charge in [0.1, 0.15) is 5.70 Å². The lowest BCUT2D eigenvalue weighted by atomic mass is 9.99. The lowest BCUT2D eigenvalue weighted by molar-refractivity contribution is 0.101. The van der Waals surface area contributed by atoms with Gasteiger partial charge in [-0.15, -0.1) is 0 Å². The number of rotatable bonds is 3. The maximum absolute atomic E-state index is 13.2. The van der Waals surface area contributed by atoms with Crippen molar-refractivity contribution in [1.82, 2.24) is 9.29 Å². The number of benzene rings is 2. The number of fused-ring (bicyclic) bond motifs is 1. The number of sulfonamides is 1. The molecule has 0 amide bonds. The molecule has 1 aromatic heterocycles. The Bertz CT molecular complexity index is 1280. The molecule has 0 atom stereocenters. The number of nitrogens with zero attached hydrogens (tertiary/aromatic N) is 2. The van der Waals surface area contributed by atoms with Crippen LogP contribution in [0.4, 0.5) is 0 Å². The average Bonchev–Trinajstić information content (AvgIpc) is 2.73. The van der Waals surface area contributed by atoms with Crippen LogP contribution in [0.15, 0.2) is 77.6 Å². The van der Waals surface area contributed by atoms with Gasteiger partial charge in [0.2, 0.25) is 5.78 Å². The number of Topliss-reactive ketones (excluding diaryl/α,β-unsaturated/α-hetero) is 1. The largest absolute Gasteiger partial charge is 0.505 e. The second kappa shape index (κ2) is 6.86. The highest BCUT2D eigenvalue weighted by Crippen LogP contribution is 2.36. The van der Waals surface area contributed by atoms with Gasteiger partial charge in [0.25, 0.3) is 10.0 Å². The molecule has 0 aliphatic carbocycles. The van der Waals surface area contributed by atoms with Crippen LogP contribution in [0.5, 0.6) is 0 Å². The summed E-state index contributed by atoms with van der Waals surface area (Å²) in [7, 11) is -2.67. The number of aryl methyl sites for hydroxylation is 1. The molecule has 1 aliphatic heterocycles. The van der Waals surface area contributed by atoms with Crippen molar-refractivity contribution < 1.29 is 18.3 Å². The van der Waals surface area contributed by atoms with Gasteiger partial charge in [0.05, 0.1) is 4.90 Å². The van der Waals surface area contributed by atoms with Crippen LogP contribution in [0.25, 0.3) is 16.9 Å². The first-order valence-electron chi connectivity index (χ1n) is 8.89. The molecule has 0 unspecified atom stereocenters. The predicted molar refractivity (Wildman–Crippen MR) is 110 cm³/mol. The number of carbonyl (C=O) groups is 1. The van der Waals surface area contributed by atoms with E-state index < -0.39 is 15.8 Å². The van der Waals surface area contributed by atoms with Crippen LogP contribution >= 0.6 is 0 Å². The van der Waals surface area contributed by atoms with Crippen molar-refractivity contribution >= 4 is 21.6 Å². The summed E-state index contributed by atoms with van der Waals surface area (Å²) in [4.78, 5) is 17.4. The number of aliphatic hydroxyl groups excluding tert-OH is 1. The molecule has 0 saturated heterocycles. The molecule has 146 valence electrons. The van der Waals surface area contributed by atoms with Crippen LogP contribution in [0, 0.1) is 6.92 Å². The Morgan fingerprint density at radius 2 is 1.76 bits per heavy atom. The number of hydrogen-bond donors (Lipinski definition) is 1. The van der Waals surface area contributed by atoms with Crippen LogP contribution in [0.3, 0.4) is 0 Å². The number of aliphatic hydroxyl groups is 1. The smallest absolute Gasteiger partial charge is 0.265 e. The number of ketones is 1. The van der Waals surface area contributed by atoms with Crippen molar-refractivity contribution in [3.63, 3.8) is 0 Å². The van der Waals surface area contributed by atoms with Crippen molar-refractivity contribution in [3.05, 3.63) is 89.4 Å². The highest BCUT2D eigenvalue weighted by atomic mass is 32.2. The van der Waals surface area contributed by atoms with Gasteiger partial charge in [0, 0.05) is 36.1 Å². The fourth-order valence-electron chi connectivity index (χ4n) is 3.37.